The van der Waals surface area contributed by atoms with Crippen LogP contribution in [-0.4, -0.2) is 30.5 Å². The van der Waals surface area contributed by atoms with Crippen LogP contribution in [0.3, 0.4) is 0 Å². The van der Waals surface area contributed by atoms with E-state index in [2.05, 4.69) is 102 Å². The fourth-order valence-electron chi connectivity index (χ4n) is 6.46. The number of ether oxygens (including phenoxy) is 1. The highest BCUT2D eigenvalue weighted by atomic mass is 16.5. The molecule has 0 saturated heterocycles. The molecule has 228 valence electrons. The summed E-state index contributed by atoms with van der Waals surface area (Å²) in [6.45, 7) is 7.69. The van der Waals surface area contributed by atoms with Crippen LogP contribution in [0.1, 0.15) is 46.6 Å². The SMILES string of the molecule is C=NC(=O)OCC1c2ccccc2-c2ccc(-c3ccc(C(NC(=C)CCC(=O)O)(c4ccccc4)c4ccccc4)cc3)cc21. The topological polar surface area (TPSA) is 88.0 Å². The van der Waals surface area contributed by atoms with Gasteiger partial charge in [-0.05, 0) is 69.3 Å². The summed E-state index contributed by atoms with van der Waals surface area (Å²) in [7, 11) is 0. The van der Waals surface area contributed by atoms with Gasteiger partial charge in [-0.25, -0.2) is 4.79 Å². The lowest BCUT2D eigenvalue weighted by atomic mass is 9.76. The third kappa shape index (κ3) is 5.85. The number of nitrogens with one attached hydrogen (secondary N) is 1. The zero-order chi connectivity index (χ0) is 32.1. The summed E-state index contributed by atoms with van der Waals surface area (Å²) in [5.41, 5.74) is 9.37. The zero-order valence-corrected chi connectivity index (χ0v) is 25.4. The number of allylic oxidation sites excluding steroid dienone is 1. The number of carboxylic acid groups (broad SMARTS) is 1. The minimum atomic E-state index is -0.868. The molecule has 0 radical (unpaired) electrons. The molecule has 6 heteroatoms. The molecule has 0 aliphatic heterocycles. The Morgan fingerprint density at radius 2 is 1.28 bits per heavy atom. The molecule has 6 nitrogen and oxygen atoms in total. The van der Waals surface area contributed by atoms with Gasteiger partial charge in [0.15, 0.2) is 0 Å². The fourth-order valence-corrected chi connectivity index (χ4v) is 6.46. The van der Waals surface area contributed by atoms with E-state index in [1.165, 1.54) is 0 Å². The molecule has 0 fully saturated rings. The Hall–Kier alpha value is -5.75. The summed E-state index contributed by atoms with van der Waals surface area (Å²) in [5, 5.41) is 13.0. The summed E-state index contributed by atoms with van der Waals surface area (Å²) in [6.07, 6.45) is -0.403. The van der Waals surface area contributed by atoms with Gasteiger partial charge >= 0.3 is 12.1 Å². The van der Waals surface area contributed by atoms with Crippen molar-refractivity contribution in [1.82, 2.24) is 5.32 Å². The van der Waals surface area contributed by atoms with E-state index in [0.29, 0.717) is 12.1 Å². The van der Waals surface area contributed by atoms with Crippen LogP contribution in [0.15, 0.2) is 145 Å². The van der Waals surface area contributed by atoms with Crippen molar-refractivity contribution in [2.75, 3.05) is 6.61 Å². The molecular weight excluding hydrogens is 572 g/mol. The van der Waals surface area contributed by atoms with Gasteiger partial charge in [-0.3, -0.25) is 4.79 Å². The molecule has 1 aliphatic rings. The fraction of sp³-hybridized carbons (Fsp3) is 0.125. The van der Waals surface area contributed by atoms with Gasteiger partial charge in [0, 0.05) is 11.6 Å². The Morgan fingerprint density at radius 3 is 1.91 bits per heavy atom. The first-order chi connectivity index (χ1) is 22.4. The maximum atomic E-state index is 11.8. The van der Waals surface area contributed by atoms with Gasteiger partial charge in [0.05, 0.1) is 6.42 Å². The Bertz CT molecular complexity index is 1860. The highest BCUT2D eigenvalue weighted by Crippen LogP contribution is 2.46. The number of amides is 1. The van der Waals surface area contributed by atoms with Gasteiger partial charge in [-0.1, -0.05) is 128 Å². The third-order valence-corrected chi connectivity index (χ3v) is 8.63. The predicted octanol–water partition coefficient (Wildman–Crippen LogP) is 8.56. The summed E-state index contributed by atoms with van der Waals surface area (Å²) in [5.74, 6) is -0.978. The van der Waals surface area contributed by atoms with E-state index >= 15 is 0 Å². The molecule has 2 N–H and O–H groups in total. The average Bonchev–Trinajstić information content (AvgIpc) is 3.42. The van der Waals surface area contributed by atoms with Crippen molar-refractivity contribution in [2.24, 2.45) is 4.99 Å². The highest BCUT2D eigenvalue weighted by molar-refractivity contribution is 5.82. The summed E-state index contributed by atoms with van der Waals surface area (Å²) in [6, 6.07) is 43.4. The van der Waals surface area contributed by atoms with Gasteiger partial charge in [-0.2, -0.15) is 4.99 Å². The number of benzene rings is 5. The monoisotopic (exact) mass is 606 g/mol. The van der Waals surface area contributed by atoms with Crippen LogP contribution >= 0.6 is 0 Å². The van der Waals surface area contributed by atoms with Crippen LogP contribution in [0.5, 0.6) is 0 Å². The molecule has 0 saturated carbocycles. The molecule has 46 heavy (non-hydrogen) atoms. The van der Waals surface area contributed by atoms with E-state index in [0.717, 1.165) is 50.1 Å². The molecular formula is C40H34N2O4. The number of aliphatic imine (C=N–C) groups is 1. The van der Waals surface area contributed by atoms with Gasteiger partial charge in [0.2, 0.25) is 0 Å². The van der Waals surface area contributed by atoms with Crippen molar-refractivity contribution in [2.45, 2.75) is 24.3 Å². The number of hydrogen-bond acceptors (Lipinski definition) is 4. The van der Waals surface area contributed by atoms with E-state index in [-0.39, 0.29) is 18.9 Å². The standard InChI is InChI=1S/C40H34N2O4/c1-27(17-24-38(43)44)42-40(30-11-5-3-6-12-30,31-13-7-4-8-14-31)32-21-18-28(19-22-32)29-20-23-35-33-15-9-10-16-34(33)37(36(35)25-29)26-46-39(45)41-2/h3-16,18-23,25,37,42H,1-2,17,24,26H2,(H,43,44). The number of carbonyl (C=O) groups is 2. The van der Waals surface area contributed by atoms with E-state index < -0.39 is 17.6 Å². The third-order valence-electron chi connectivity index (χ3n) is 8.63. The second kappa shape index (κ2) is 13.1. The molecule has 5 aromatic rings. The molecule has 0 aromatic heterocycles. The van der Waals surface area contributed by atoms with Gasteiger partial charge in [0.1, 0.15) is 12.1 Å². The van der Waals surface area contributed by atoms with E-state index in [1.807, 2.05) is 48.5 Å². The molecule has 1 unspecified atom stereocenters. The molecule has 1 aliphatic carbocycles. The number of carbonyl (C=O) groups excluding carboxylic acids is 1. The quantitative estimate of drug-likeness (QED) is 0.116. The first kappa shape index (κ1) is 30.3. The van der Waals surface area contributed by atoms with E-state index in [4.69, 9.17) is 4.74 Å². The second-order valence-corrected chi connectivity index (χ2v) is 11.4. The van der Waals surface area contributed by atoms with Crippen molar-refractivity contribution in [3.05, 3.63) is 167 Å². The maximum absolute atomic E-state index is 11.8. The minimum absolute atomic E-state index is 0.0169. The van der Waals surface area contributed by atoms with Crippen LogP contribution < -0.4 is 5.32 Å². The minimum Gasteiger partial charge on any atom is -0.481 e. The predicted molar refractivity (Wildman–Crippen MR) is 182 cm³/mol. The number of carboxylic acids is 1. The van der Waals surface area contributed by atoms with Crippen molar-refractivity contribution in [3.8, 4) is 22.3 Å². The van der Waals surface area contributed by atoms with E-state index in [1.54, 1.807) is 0 Å². The summed E-state index contributed by atoms with van der Waals surface area (Å²) < 4.78 is 5.42. The summed E-state index contributed by atoms with van der Waals surface area (Å²) >= 11 is 0. The Morgan fingerprint density at radius 1 is 0.717 bits per heavy atom. The highest BCUT2D eigenvalue weighted by Gasteiger charge is 2.37. The van der Waals surface area contributed by atoms with Crippen LogP contribution in [0.2, 0.25) is 0 Å². The lowest BCUT2D eigenvalue weighted by Crippen LogP contribution is -2.44. The maximum Gasteiger partial charge on any atom is 0.432 e. The van der Waals surface area contributed by atoms with Crippen LogP contribution in [0.4, 0.5) is 4.79 Å². The van der Waals surface area contributed by atoms with Gasteiger partial charge < -0.3 is 15.2 Å². The molecule has 5 aromatic carbocycles. The average molecular weight is 607 g/mol. The van der Waals surface area contributed by atoms with Crippen LogP contribution in [-0.2, 0) is 15.1 Å². The number of nitrogens with zero attached hydrogens (tertiary/aromatic N) is 1. The number of aliphatic carboxylic acids is 1. The Labute approximate surface area is 268 Å². The molecule has 1 amide bonds. The van der Waals surface area contributed by atoms with Gasteiger partial charge in [0.25, 0.3) is 0 Å². The van der Waals surface area contributed by atoms with Crippen LogP contribution in [0, 0.1) is 0 Å². The van der Waals surface area contributed by atoms with Crippen molar-refractivity contribution in [1.29, 1.82) is 0 Å². The first-order valence-corrected chi connectivity index (χ1v) is 15.2. The Balaban J connectivity index is 1.41. The van der Waals surface area contributed by atoms with Crippen molar-refractivity contribution >= 4 is 18.8 Å². The number of hydrogen-bond donors (Lipinski definition) is 2. The second-order valence-electron chi connectivity index (χ2n) is 11.4. The zero-order valence-electron chi connectivity index (χ0n) is 25.4. The molecule has 1 atom stereocenters. The van der Waals surface area contributed by atoms with Crippen LogP contribution in [0.25, 0.3) is 22.3 Å². The lowest BCUT2D eigenvalue weighted by molar-refractivity contribution is -0.137. The smallest absolute Gasteiger partial charge is 0.432 e. The molecule has 6 rings (SSSR count). The van der Waals surface area contributed by atoms with Crippen molar-refractivity contribution < 1.29 is 19.4 Å². The van der Waals surface area contributed by atoms with Gasteiger partial charge in [-0.15, -0.1) is 0 Å². The molecule has 0 spiro atoms. The first-order valence-electron chi connectivity index (χ1n) is 15.2. The largest absolute Gasteiger partial charge is 0.481 e. The number of fused-ring (bicyclic) bond motifs is 3. The Kier molecular flexibility index (Phi) is 8.61. The molecule has 0 bridgehead atoms. The normalized spacial score (nSPS) is 13.3. The lowest BCUT2D eigenvalue weighted by Gasteiger charge is -2.38. The van der Waals surface area contributed by atoms with E-state index in [9.17, 15) is 14.7 Å². The van der Waals surface area contributed by atoms with Crippen molar-refractivity contribution in [3.63, 3.8) is 0 Å². The number of rotatable bonds is 11. The summed E-state index contributed by atoms with van der Waals surface area (Å²) in [4.78, 5) is 26.6. The molecule has 0 heterocycles.